The van der Waals surface area contributed by atoms with Gasteiger partial charge in [0, 0.05) is 6.54 Å². The maximum absolute atomic E-state index is 11.2. The van der Waals surface area contributed by atoms with Gasteiger partial charge in [0.2, 0.25) is 5.78 Å². The summed E-state index contributed by atoms with van der Waals surface area (Å²) in [7, 11) is 1.51. The Kier molecular flexibility index (Phi) is 5.29. The Morgan fingerprint density at radius 3 is 2.56 bits per heavy atom. The fourth-order valence-electron chi connectivity index (χ4n) is 1.41. The van der Waals surface area contributed by atoms with Gasteiger partial charge in [-0.05, 0) is 23.3 Å². The van der Waals surface area contributed by atoms with Crippen LogP contribution in [-0.4, -0.2) is 30.5 Å². The topological polar surface area (TPSA) is 102 Å². The van der Waals surface area contributed by atoms with Crippen LogP contribution in [0.2, 0.25) is 0 Å². The Morgan fingerprint density at radius 1 is 1.33 bits per heavy atom. The molecule has 0 saturated carbocycles. The fraction of sp³-hybridized carbons (Fsp3) is 0.333. The van der Waals surface area contributed by atoms with Crippen molar-refractivity contribution < 1.29 is 19.4 Å². The van der Waals surface area contributed by atoms with Gasteiger partial charge in [-0.3, -0.25) is 9.59 Å². The molecule has 0 aliphatic rings. The lowest BCUT2D eigenvalue weighted by atomic mass is 10.1. The van der Waals surface area contributed by atoms with Crippen molar-refractivity contribution >= 4 is 11.7 Å². The average molecular weight is 252 g/mol. The molecule has 0 radical (unpaired) electrons. The predicted molar refractivity (Wildman–Crippen MR) is 64.8 cm³/mol. The van der Waals surface area contributed by atoms with E-state index in [0.717, 1.165) is 5.56 Å². The fourth-order valence-corrected chi connectivity index (χ4v) is 1.41. The number of benzene rings is 1. The highest BCUT2D eigenvalue weighted by molar-refractivity contribution is 6.36. The van der Waals surface area contributed by atoms with Crippen LogP contribution < -0.4 is 15.8 Å². The van der Waals surface area contributed by atoms with E-state index < -0.39 is 11.7 Å². The number of Topliss-reactive ketones (excluding diaryl/α,β-unsaturated/α-hetero) is 1. The summed E-state index contributed by atoms with van der Waals surface area (Å²) in [5, 5.41) is 11.5. The number of hydrogen-bond acceptors (Lipinski definition) is 5. The van der Waals surface area contributed by atoms with E-state index in [0.29, 0.717) is 11.3 Å². The highest BCUT2D eigenvalue weighted by atomic mass is 16.5. The lowest BCUT2D eigenvalue weighted by Crippen LogP contribution is -2.34. The van der Waals surface area contributed by atoms with Crippen LogP contribution in [0.5, 0.6) is 5.75 Å². The molecule has 0 spiro atoms. The number of nitrogens with one attached hydrogen (secondary N) is 1. The molecule has 0 aliphatic carbocycles. The van der Waals surface area contributed by atoms with Crippen molar-refractivity contribution in [3.05, 3.63) is 29.3 Å². The number of carbonyl (C=O) groups is 2. The maximum atomic E-state index is 11.2. The molecule has 0 fully saturated rings. The second-order valence-electron chi connectivity index (χ2n) is 3.66. The van der Waals surface area contributed by atoms with E-state index in [4.69, 9.17) is 15.6 Å². The molecule has 1 rings (SSSR count). The monoisotopic (exact) mass is 252 g/mol. The van der Waals surface area contributed by atoms with Crippen molar-refractivity contribution in [2.45, 2.75) is 13.2 Å². The van der Waals surface area contributed by atoms with Gasteiger partial charge in [0.25, 0.3) is 5.91 Å². The van der Waals surface area contributed by atoms with Crippen molar-refractivity contribution in [2.24, 2.45) is 5.73 Å². The molecule has 4 N–H and O–H groups in total. The highest BCUT2D eigenvalue weighted by Gasteiger charge is 2.10. The zero-order chi connectivity index (χ0) is 13.5. The number of aliphatic hydroxyl groups excluding tert-OH is 1. The van der Waals surface area contributed by atoms with Crippen LogP contribution in [-0.2, 0) is 22.7 Å². The molecule has 6 nitrogen and oxygen atoms in total. The summed E-state index contributed by atoms with van der Waals surface area (Å²) in [4.78, 5) is 22.2. The number of hydrogen-bond donors (Lipinski definition) is 3. The van der Waals surface area contributed by atoms with Gasteiger partial charge < -0.3 is 20.9 Å². The molecule has 0 unspecified atom stereocenters. The summed E-state index contributed by atoms with van der Waals surface area (Å²) in [6.07, 6.45) is 0. The first-order valence-corrected chi connectivity index (χ1v) is 5.39. The molecule has 1 aromatic rings. The van der Waals surface area contributed by atoms with Crippen LogP contribution in [0.25, 0.3) is 0 Å². The van der Waals surface area contributed by atoms with Gasteiger partial charge in [0.1, 0.15) is 5.75 Å². The standard InChI is InChI=1S/C12H16N2O4/c1-18-10-3-8(2-9(4-10)7-15)6-14-12(17)11(16)5-13/h2-4,15H,5-7,13H2,1H3,(H,14,17). The van der Waals surface area contributed by atoms with Gasteiger partial charge in [-0.25, -0.2) is 0 Å². The summed E-state index contributed by atoms with van der Waals surface area (Å²) in [6.45, 7) is -0.263. The number of aliphatic hydroxyl groups is 1. The molecule has 1 amide bonds. The first-order valence-electron chi connectivity index (χ1n) is 5.39. The quantitative estimate of drug-likeness (QED) is 0.583. The zero-order valence-corrected chi connectivity index (χ0v) is 10.1. The van der Waals surface area contributed by atoms with E-state index in [2.05, 4.69) is 5.32 Å². The summed E-state index contributed by atoms with van der Waals surface area (Å²) < 4.78 is 5.06. The molecule has 0 aromatic heterocycles. The molecule has 0 aliphatic heterocycles. The Labute approximate surface area is 105 Å². The SMILES string of the molecule is COc1cc(CO)cc(CNC(=O)C(=O)CN)c1. The van der Waals surface area contributed by atoms with E-state index in [9.17, 15) is 9.59 Å². The van der Waals surface area contributed by atoms with E-state index >= 15 is 0 Å². The molecule has 0 atom stereocenters. The van der Waals surface area contributed by atoms with Gasteiger partial charge in [-0.15, -0.1) is 0 Å². The molecule has 6 heteroatoms. The number of amides is 1. The van der Waals surface area contributed by atoms with Crippen LogP contribution in [0.4, 0.5) is 0 Å². The maximum Gasteiger partial charge on any atom is 0.289 e. The van der Waals surface area contributed by atoms with Crippen LogP contribution in [0.3, 0.4) is 0 Å². The number of ketones is 1. The number of rotatable bonds is 6. The molecule has 0 bridgehead atoms. The van der Waals surface area contributed by atoms with Crippen LogP contribution in [0.1, 0.15) is 11.1 Å². The molecular formula is C12H16N2O4. The second-order valence-corrected chi connectivity index (χ2v) is 3.66. The summed E-state index contributed by atoms with van der Waals surface area (Å²) in [5.41, 5.74) is 6.47. The van der Waals surface area contributed by atoms with Crippen LogP contribution in [0, 0.1) is 0 Å². The lowest BCUT2D eigenvalue weighted by Gasteiger charge is -2.08. The molecule has 18 heavy (non-hydrogen) atoms. The first kappa shape index (κ1) is 14.1. The smallest absolute Gasteiger partial charge is 0.289 e. The van der Waals surface area contributed by atoms with Crippen LogP contribution >= 0.6 is 0 Å². The third-order valence-electron chi connectivity index (χ3n) is 2.34. The Morgan fingerprint density at radius 2 is 2.00 bits per heavy atom. The third kappa shape index (κ3) is 3.83. The number of methoxy groups -OCH3 is 1. The van der Waals surface area contributed by atoms with E-state index in [1.54, 1.807) is 18.2 Å². The largest absolute Gasteiger partial charge is 0.497 e. The van der Waals surface area contributed by atoms with Gasteiger partial charge in [-0.2, -0.15) is 0 Å². The average Bonchev–Trinajstić information content (AvgIpc) is 2.43. The van der Waals surface area contributed by atoms with Crippen molar-refractivity contribution in [1.29, 1.82) is 0 Å². The van der Waals surface area contributed by atoms with Gasteiger partial charge >= 0.3 is 0 Å². The summed E-state index contributed by atoms with van der Waals surface area (Å²) in [5.74, 6) is -0.804. The molecular weight excluding hydrogens is 236 g/mol. The Balaban J connectivity index is 2.72. The molecule has 0 saturated heterocycles. The highest BCUT2D eigenvalue weighted by Crippen LogP contribution is 2.16. The summed E-state index contributed by atoms with van der Waals surface area (Å²) >= 11 is 0. The first-order chi connectivity index (χ1) is 8.60. The lowest BCUT2D eigenvalue weighted by molar-refractivity contribution is -0.137. The van der Waals surface area contributed by atoms with E-state index in [1.165, 1.54) is 7.11 Å². The molecule has 0 heterocycles. The van der Waals surface area contributed by atoms with E-state index in [1.807, 2.05) is 0 Å². The number of carbonyl (C=O) groups excluding carboxylic acids is 2. The molecule has 98 valence electrons. The van der Waals surface area contributed by atoms with Gasteiger partial charge in [-0.1, -0.05) is 6.07 Å². The predicted octanol–water partition coefficient (Wildman–Crippen LogP) is -0.668. The van der Waals surface area contributed by atoms with Crippen LogP contribution in [0.15, 0.2) is 18.2 Å². The van der Waals surface area contributed by atoms with Crippen molar-refractivity contribution in [1.82, 2.24) is 5.32 Å². The van der Waals surface area contributed by atoms with Gasteiger partial charge in [0.05, 0.1) is 20.3 Å². The zero-order valence-electron chi connectivity index (χ0n) is 10.1. The van der Waals surface area contributed by atoms with Crippen molar-refractivity contribution in [2.75, 3.05) is 13.7 Å². The minimum atomic E-state index is -0.717. The molecule has 1 aromatic carbocycles. The number of nitrogens with two attached hydrogens (primary N) is 1. The normalized spacial score (nSPS) is 9.94. The Hall–Kier alpha value is -1.92. The van der Waals surface area contributed by atoms with Crippen molar-refractivity contribution in [3.63, 3.8) is 0 Å². The van der Waals surface area contributed by atoms with Gasteiger partial charge in [0.15, 0.2) is 0 Å². The number of ether oxygens (including phenoxy) is 1. The van der Waals surface area contributed by atoms with E-state index in [-0.39, 0.29) is 19.7 Å². The Bertz CT molecular complexity index is 423. The minimum absolute atomic E-state index is 0.125. The second kappa shape index (κ2) is 6.73. The minimum Gasteiger partial charge on any atom is -0.497 e. The third-order valence-corrected chi connectivity index (χ3v) is 2.34. The summed E-state index contributed by atoms with van der Waals surface area (Å²) in [6, 6.07) is 5.12. The van der Waals surface area contributed by atoms with Crippen molar-refractivity contribution in [3.8, 4) is 5.75 Å².